The van der Waals surface area contributed by atoms with E-state index >= 15 is 0 Å². The maximum atomic E-state index is 6.04. The average molecular weight is 274 g/mol. The van der Waals surface area contributed by atoms with E-state index in [1.807, 2.05) is 29.3 Å². The van der Waals surface area contributed by atoms with Crippen LogP contribution in [0.3, 0.4) is 0 Å². The van der Waals surface area contributed by atoms with Crippen molar-refractivity contribution < 1.29 is 4.52 Å². The fourth-order valence-electron chi connectivity index (χ4n) is 2.47. The molecule has 3 aromatic rings. The number of aryl methyl sites for hydroxylation is 3. The highest BCUT2D eigenvalue weighted by atomic mass is 16.5. The van der Waals surface area contributed by atoms with E-state index in [1.54, 1.807) is 0 Å². The summed E-state index contributed by atoms with van der Waals surface area (Å²) in [6.07, 6.45) is 1.93. The molecule has 2 N–H and O–H groups in total. The molecule has 0 fully saturated rings. The van der Waals surface area contributed by atoms with Gasteiger partial charge in [-0.05, 0) is 13.3 Å². The number of nitrogens with zero attached hydrogens (tertiary/aromatic N) is 5. The van der Waals surface area contributed by atoms with Gasteiger partial charge in [-0.1, -0.05) is 18.5 Å². The van der Waals surface area contributed by atoms with Gasteiger partial charge in [0.2, 0.25) is 5.95 Å². The summed E-state index contributed by atoms with van der Waals surface area (Å²) in [5.74, 6) is 1.23. The van der Waals surface area contributed by atoms with Crippen molar-refractivity contribution >= 4 is 17.1 Å². The van der Waals surface area contributed by atoms with E-state index in [-0.39, 0.29) is 0 Å². The van der Waals surface area contributed by atoms with E-state index in [9.17, 15) is 0 Å². The van der Waals surface area contributed by atoms with Crippen molar-refractivity contribution in [3.63, 3.8) is 0 Å². The van der Waals surface area contributed by atoms with E-state index in [1.165, 1.54) is 0 Å². The first-order chi connectivity index (χ1) is 9.60. The summed E-state index contributed by atoms with van der Waals surface area (Å²) in [6, 6.07) is 1.90. The second-order valence-electron chi connectivity index (χ2n) is 4.98. The number of nitrogen functional groups attached to an aromatic ring is 1. The van der Waals surface area contributed by atoms with Crippen LogP contribution in [0.1, 0.15) is 30.5 Å². The quantitative estimate of drug-likeness (QED) is 0.781. The zero-order valence-corrected chi connectivity index (χ0v) is 11.9. The topological polar surface area (TPSA) is 87.7 Å². The first kappa shape index (κ1) is 12.7. The van der Waals surface area contributed by atoms with Crippen molar-refractivity contribution in [2.24, 2.45) is 7.05 Å². The molecule has 0 bridgehead atoms. The molecule has 0 radical (unpaired) electrons. The molecule has 20 heavy (non-hydrogen) atoms. The van der Waals surface area contributed by atoms with Gasteiger partial charge in [-0.25, -0.2) is 4.98 Å². The van der Waals surface area contributed by atoms with Gasteiger partial charge in [0.15, 0.2) is 11.4 Å². The summed E-state index contributed by atoms with van der Waals surface area (Å²) in [5.41, 5.74) is 9.67. The molecule has 0 saturated carbocycles. The molecule has 0 aliphatic carbocycles. The van der Waals surface area contributed by atoms with E-state index in [0.717, 1.165) is 41.2 Å². The average Bonchev–Trinajstić information content (AvgIpc) is 3.02. The van der Waals surface area contributed by atoms with Crippen LogP contribution in [-0.2, 0) is 20.0 Å². The van der Waals surface area contributed by atoms with Crippen molar-refractivity contribution in [2.45, 2.75) is 33.2 Å². The largest absolute Gasteiger partial charge is 0.369 e. The maximum absolute atomic E-state index is 6.04. The Hall–Kier alpha value is -2.31. The summed E-state index contributed by atoms with van der Waals surface area (Å²) in [6.45, 7) is 4.52. The van der Waals surface area contributed by atoms with Crippen LogP contribution in [0.25, 0.3) is 11.2 Å². The lowest BCUT2D eigenvalue weighted by atomic mass is 10.2. The van der Waals surface area contributed by atoms with Crippen LogP contribution in [0.2, 0.25) is 0 Å². The number of rotatable bonds is 4. The fourth-order valence-corrected chi connectivity index (χ4v) is 2.47. The van der Waals surface area contributed by atoms with Gasteiger partial charge in [-0.15, -0.1) is 0 Å². The first-order valence-electron chi connectivity index (χ1n) is 6.70. The second kappa shape index (κ2) is 4.66. The highest BCUT2D eigenvalue weighted by Gasteiger charge is 2.18. The van der Waals surface area contributed by atoms with E-state index < -0.39 is 0 Å². The Bertz CT molecular complexity index is 750. The zero-order chi connectivity index (χ0) is 14.3. The highest BCUT2D eigenvalue weighted by molar-refractivity contribution is 5.77. The summed E-state index contributed by atoms with van der Waals surface area (Å²) < 4.78 is 8.98. The molecule has 0 aliphatic rings. The molecule has 0 amide bonds. The van der Waals surface area contributed by atoms with Gasteiger partial charge in [0.25, 0.3) is 0 Å². The third kappa shape index (κ3) is 1.95. The van der Waals surface area contributed by atoms with Crippen LogP contribution >= 0.6 is 0 Å². The molecule has 0 spiro atoms. The van der Waals surface area contributed by atoms with Gasteiger partial charge in [0.05, 0.1) is 17.9 Å². The van der Waals surface area contributed by atoms with Crippen LogP contribution in [0.4, 0.5) is 5.95 Å². The van der Waals surface area contributed by atoms with Crippen LogP contribution in [-0.4, -0.2) is 24.5 Å². The number of hydrogen-bond donors (Lipinski definition) is 1. The number of hydrogen-bond acceptors (Lipinski definition) is 5. The van der Waals surface area contributed by atoms with Gasteiger partial charge in [0, 0.05) is 13.1 Å². The number of anilines is 1. The smallest absolute Gasteiger partial charge is 0.202 e. The number of fused-ring (bicyclic) bond motifs is 1. The van der Waals surface area contributed by atoms with Gasteiger partial charge in [-0.3, -0.25) is 9.25 Å². The molecule has 3 rings (SSSR count). The number of aromatic nitrogens is 5. The minimum atomic E-state index is 0.472. The Balaban J connectivity index is 2.08. The van der Waals surface area contributed by atoms with E-state index in [2.05, 4.69) is 22.2 Å². The standard InChI is InChI=1S/C13H18N6O/c1-4-5-10-11-12(18(3)16-10)19(13(14)15-11)7-9-6-8(2)17-20-9/h6H,4-5,7H2,1-3H3,(H2,14,15). The normalized spacial score (nSPS) is 11.6. The minimum Gasteiger partial charge on any atom is -0.369 e. The third-order valence-electron chi connectivity index (χ3n) is 3.30. The fraction of sp³-hybridized carbons (Fsp3) is 0.462. The monoisotopic (exact) mass is 274 g/mol. The van der Waals surface area contributed by atoms with Crippen molar-refractivity contribution in [3.05, 3.63) is 23.2 Å². The molecule has 0 aromatic carbocycles. The van der Waals surface area contributed by atoms with Crippen molar-refractivity contribution in [1.82, 2.24) is 24.5 Å². The molecule has 7 heteroatoms. The van der Waals surface area contributed by atoms with Gasteiger partial charge in [0.1, 0.15) is 5.52 Å². The van der Waals surface area contributed by atoms with E-state index in [4.69, 9.17) is 10.3 Å². The maximum Gasteiger partial charge on any atom is 0.202 e. The van der Waals surface area contributed by atoms with Gasteiger partial charge < -0.3 is 10.3 Å². The first-order valence-corrected chi connectivity index (χ1v) is 6.70. The summed E-state index contributed by atoms with van der Waals surface area (Å²) in [7, 11) is 1.91. The molecule has 3 heterocycles. The predicted molar refractivity (Wildman–Crippen MR) is 75.2 cm³/mol. The van der Waals surface area contributed by atoms with Gasteiger partial charge in [-0.2, -0.15) is 5.10 Å². The Morgan fingerprint density at radius 1 is 1.40 bits per heavy atom. The van der Waals surface area contributed by atoms with Crippen molar-refractivity contribution in [2.75, 3.05) is 5.73 Å². The predicted octanol–water partition coefficient (Wildman–Crippen LogP) is 1.65. The zero-order valence-electron chi connectivity index (χ0n) is 11.9. The summed E-state index contributed by atoms with van der Waals surface area (Å²) in [4.78, 5) is 4.45. The molecule has 106 valence electrons. The Labute approximate surface area is 116 Å². The van der Waals surface area contributed by atoms with Crippen molar-refractivity contribution in [3.8, 4) is 0 Å². The van der Waals surface area contributed by atoms with Crippen LogP contribution in [0.15, 0.2) is 10.6 Å². The minimum absolute atomic E-state index is 0.472. The molecule has 0 aliphatic heterocycles. The Kier molecular flexibility index (Phi) is 2.96. The molecular weight excluding hydrogens is 256 g/mol. The summed E-state index contributed by atoms with van der Waals surface area (Å²) in [5, 5.41) is 8.41. The van der Waals surface area contributed by atoms with Crippen LogP contribution < -0.4 is 5.73 Å². The molecule has 0 unspecified atom stereocenters. The Morgan fingerprint density at radius 2 is 2.20 bits per heavy atom. The SMILES string of the molecule is CCCc1nn(C)c2c1nc(N)n2Cc1cc(C)no1. The lowest BCUT2D eigenvalue weighted by Crippen LogP contribution is -2.07. The molecular formula is C13H18N6O. The molecule has 7 nitrogen and oxygen atoms in total. The molecule has 0 saturated heterocycles. The molecule has 0 atom stereocenters. The lowest BCUT2D eigenvalue weighted by Gasteiger charge is -2.03. The van der Waals surface area contributed by atoms with Gasteiger partial charge >= 0.3 is 0 Å². The van der Waals surface area contributed by atoms with E-state index in [0.29, 0.717) is 12.5 Å². The number of imidazole rings is 1. The third-order valence-corrected chi connectivity index (χ3v) is 3.30. The molecule has 3 aromatic heterocycles. The highest BCUT2D eigenvalue weighted by Crippen LogP contribution is 2.23. The summed E-state index contributed by atoms with van der Waals surface area (Å²) >= 11 is 0. The van der Waals surface area contributed by atoms with Crippen LogP contribution in [0, 0.1) is 6.92 Å². The van der Waals surface area contributed by atoms with Crippen LogP contribution in [0.5, 0.6) is 0 Å². The lowest BCUT2D eigenvalue weighted by molar-refractivity contribution is 0.374. The second-order valence-corrected chi connectivity index (χ2v) is 4.98. The van der Waals surface area contributed by atoms with Crippen molar-refractivity contribution in [1.29, 1.82) is 0 Å². The number of nitrogens with two attached hydrogens (primary N) is 1. The Morgan fingerprint density at radius 3 is 2.85 bits per heavy atom.